The second-order valence-corrected chi connectivity index (χ2v) is 4.33. The van der Waals surface area contributed by atoms with Crippen LogP contribution in [0.15, 0.2) is 12.2 Å². The predicted molar refractivity (Wildman–Crippen MR) is 43.3 cm³/mol. The van der Waals surface area contributed by atoms with Crippen LogP contribution in [0.2, 0.25) is 0 Å². The van der Waals surface area contributed by atoms with Gasteiger partial charge in [-0.25, -0.2) is 0 Å². The Balaban J connectivity index is 2.33. The number of allylic oxidation sites excluding steroid dienone is 2. The molecule has 2 atom stereocenters. The Bertz CT molecular complexity index is 171. The lowest BCUT2D eigenvalue weighted by atomic mass is 10.1. The summed E-state index contributed by atoms with van der Waals surface area (Å²) in [5.74, 6) is 0.916. The standard InChI is InChI=1S/C8H11P/c1-9-8-4-2-7(6-8)3-5-8/h2,4,7H,1,3,5-6H2. The van der Waals surface area contributed by atoms with Gasteiger partial charge in [0.25, 0.3) is 0 Å². The fourth-order valence-corrected chi connectivity index (χ4v) is 2.76. The van der Waals surface area contributed by atoms with Crippen LogP contribution in [0.5, 0.6) is 0 Å². The van der Waals surface area contributed by atoms with Crippen molar-refractivity contribution in [3.63, 3.8) is 0 Å². The van der Waals surface area contributed by atoms with Gasteiger partial charge < -0.3 is 0 Å². The third kappa shape index (κ3) is 0.697. The summed E-state index contributed by atoms with van der Waals surface area (Å²) < 4.78 is 0. The van der Waals surface area contributed by atoms with Gasteiger partial charge in [-0.3, -0.25) is 0 Å². The van der Waals surface area contributed by atoms with E-state index in [2.05, 4.69) is 18.5 Å². The Morgan fingerprint density at radius 2 is 2.56 bits per heavy atom. The molecular formula is C8H11P. The molecule has 0 saturated heterocycles. The minimum atomic E-state index is 0.532. The molecule has 2 aliphatic carbocycles. The largest absolute Gasteiger partial charge is 0.101 e. The lowest BCUT2D eigenvalue weighted by Gasteiger charge is -2.15. The average Bonchev–Trinajstić information content (AvgIpc) is 2.46. The van der Waals surface area contributed by atoms with Gasteiger partial charge in [-0.15, -0.1) is 8.20 Å². The first-order valence-corrected chi connectivity index (χ1v) is 4.60. The van der Waals surface area contributed by atoms with E-state index in [0.717, 1.165) is 5.92 Å². The van der Waals surface area contributed by atoms with Crippen LogP contribution >= 0.6 is 8.20 Å². The summed E-state index contributed by atoms with van der Waals surface area (Å²) in [6.45, 7) is 0. The number of fused-ring (bicyclic) bond motifs is 2. The summed E-state index contributed by atoms with van der Waals surface area (Å²) in [5, 5.41) is 0.532. The monoisotopic (exact) mass is 138 g/mol. The van der Waals surface area contributed by atoms with Crippen LogP contribution in [0.25, 0.3) is 0 Å². The van der Waals surface area contributed by atoms with Gasteiger partial charge in [-0.05, 0) is 25.2 Å². The molecule has 0 spiro atoms. The summed E-state index contributed by atoms with van der Waals surface area (Å²) in [4.78, 5) is 0. The third-order valence-corrected chi connectivity index (χ3v) is 3.74. The van der Waals surface area contributed by atoms with Gasteiger partial charge in [0.1, 0.15) is 0 Å². The van der Waals surface area contributed by atoms with Gasteiger partial charge in [-0.1, -0.05) is 18.5 Å². The van der Waals surface area contributed by atoms with Crippen molar-refractivity contribution in [1.82, 2.24) is 0 Å². The Morgan fingerprint density at radius 1 is 1.67 bits per heavy atom. The first kappa shape index (κ1) is 5.68. The predicted octanol–water partition coefficient (Wildman–Crippen LogP) is 2.47. The molecule has 0 N–H and O–H groups in total. The molecule has 1 fully saturated rings. The van der Waals surface area contributed by atoms with Crippen LogP contribution in [0.4, 0.5) is 0 Å². The molecule has 2 unspecified atom stereocenters. The lowest BCUT2D eigenvalue weighted by Crippen LogP contribution is -2.09. The summed E-state index contributed by atoms with van der Waals surface area (Å²) in [6, 6.07) is 0. The molecule has 2 bridgehead atoms. The molecule has 2 aliphatic rings. The zero-order chi connectivity index (χ0) is 6.32. The van der Waals surface area contributed by atoms with Gasteiger partial charge in [0.05, 0.1) is 0 Å². The third-order valence-electron chi connectivity index (χ3n) is 2.56. The molecule has 0 aromatic heterocycles. The van der Waals surface area contributed by atoms with E-state index < -0.39 is 0 Å². The van der Waals surface area contributed by atoms with Gasteiger partial charge in [0, 0.05) is 5.16 Å². The maximum atomic E-state index is 3.96. The summed E-state index contributed by atoms with van der Waals surface area (Å²) in [6.07, 6.45) is 12.9. The van der Waals surface area contributed by atoms with Gasteiger partial charge in [0.2, 0.25) is 0 Å². The first-order chi connectivity index (χ1) is 4.35. The van der Waals surface area contributed by atoms with Gasteiger partial charge >= 0.3 is 0 Å². The highest BCUT2D eigenvalue weighted by atomic mass is 31.1. The second-order valence-electron chi connectivity index (χ2n) is 3.12. The van der Waals surface area contributed by atoms with Crippen molar-refractivity contribution in [2.45, 2.75) is 24.4 Å². The number of rotatable bonds is 1. The highest BCUT2D eigenvalue weighted by Crippen LogP contribution is 2.49. The highest BCUT2D eigenvalue weighted by Gasteiger charge is 2.38. The Labute approximate surface area is 57.8 Å². The molecule has 9 heavy (non-hydrogen) atoms. The minimum Gasteiger partial charge on any atom is -0.101 e. The van der Waals surface area contributed by atoms with E-state index in [1.54, 1.807) is 0 Å². The normalized spacial score (nSPS) is 46.9. The molecule has 0 radical (unpaired) electrons. The van der Waals surface area contributed by atoms with E-state index in [-0.39, 0.29) is 0 Å². The summed E-state index contributed by atoms with van der Waals surface area (Å²) in [5.41, 5.74) is 0. The molecule has 1 saturated carbocycles. The molecule has 0 aliphatic heterocycles. The number of hydrogen-bond acceptors (Lipinski definition) is 0. The lowest BCUT2D eigenvalue weighted by molar-refractivity contribution is 0.699. The zero-order valence-corrected chi connectivity index (χ0v) is 6.40. The van der Waals surface area contributed by atoms with Gasteiger partial charge in [0.15, 0.2) is 0 Å². The molecular weight excluding hydrogens is 127 g/mol. The maximum absolute atomic E-state index is 3.96. The van der Waals surface area contributed by atoms with E-state index in [9.17, 15) is 0 Å². The van der Waals surface area contributed by atoms with Gasteiger partial charge in [-0.2, -0.15) is 0 Å². The molecule has 48 valence electrons. The van der Waals surface area contributed by atoms with Crippen molar-refractivity contribution in [3.05, 3.63) is 12.2 Å². The smallest absolute Gasteiger partial charge is 0.0301 e. The van der Waals surface area contributed by atoms with Crippen molar-refractivity contribution >= 4 is 14.5 Å². The van der Waals surface area contributed by atoms with E-state index in [4.69, 9.17) is 0 Å². The van der Waals surface area contributed by atoms with Crippen LogP contribution < -0.4 is 0 Å². The molecule has 0 nitrogen and oxygen atoms in total. The van der Waals surface area contributed by atoms with Crippen molar-refractivity contribution < 1.29 is 0 Å². The van der Waals surface area contributed by atoms with E-state index in [1.165, 1.54) is 27.5 Å². The molecule has 0 amide bonds. The maximum Gasteiger partial charge on any atom is 0.0301 e. The topological polar surface area (TPSA) is 0 Å². The summed E-state index contributed by atoms with van der Waals surface area (Å²) in [7, 11) is 1.34. The number of hydrogen-bond donors (Lipinski definition) is 0. The highest BCUT2D eigenvalue weighted by molar-refractivity contribution is 7.38. The van der Waals surface area contributed by atoms with E-state index in [1.807, 2.05) is 0 Å². The molecule has 0 aromatic rings. The zero-order valence-electron chi connectivity index (χ0n) is 5.51. The Kier molecular flexibility index (Phi) is 1.07. The SMILES string of the molecule is C=PC12C=CC(CC1)C2. The molecule has 0 heterocycles. The van der Waals surface area contributed by atoms with Crippen LogP contribution in [0.1, 0.15) is 19.3 Å². The minimum absolute atomic E-state index is 0.532. The van der Waals surface area contributed by atoms with Crippen LogP contribution in [0.3, 0.4) is 0 Å². The average molecular weight is 138 g/mol. The summed E-state index contributed by atoms with van der Waals surface area (Å²) >= 11 is 0. The Morgan fingerprint density at radius 3 is 2.78 bits per heavy atom. The fraction of sp³-hybridized carbons (Fsp3) is 0.625. The van der Waals surface area contributed by atoms with Crippen LogP contribution in [-0.2, 0) is 0 Å². The first-order valence-electron chi connectivity index (χ1n) is 3.52. The van der Waals surface area contributed by atoms with E-state index >= 15 is 0 Å². The van der Waals surface area contributed by atoms with E-state index in [0.29, 0.717) is 5.16 Å². The fourth-order valence-electron chi connectivity index (χ4n) is 1.92. The Hall–Kier alpha value is -0.0900. The van der Waals surface area contributed by atoms with Crippen LogP contribution in [0, 0.1) is 5.92 Å². The van der Waals surface area contributed by atoms with Crippen molar-refractivity contribution in [3.8, 4) is 0 Å². The molecule has 1 heteroatoms. The molecule has 2 rings (SSSR count). The second kappa shape index (κ2) is 1.70. The van der Waals surface area contributed by atoms with Crippen molar-refractivity contribution in [2.24, 2.45) is 5.92 Å². The van der Waals surface area contributed by atoms with Crippen LogP contribution in [-0.4, -0.2) is 11.5 Å². The quantitative estimate of drug-likeness (QED) is 0.385. The van der Waals surface area contributed by atoms with Crippen molar-refractivity contribution in [1.29, 1.82) is 0 Å². The van der Waals surface area contributed by atoms with Crippen molar-refractivity contribution in [2.75, 3.05) is 0 Å². The molecule has 0 aromatic carbocycles.